The minimum atomic E-state index is -2.22. The summed E-state index contributed by atoms with van der Waals surface area (Å²) in [5, 5.41) is 96.7. The third-order valence-electron chi connectivity index (χ3n) is 6.28. The quantitative estimate of drug-likeness (QED) is 0.127. The average molecular weight is 569 g/mol. The summed E-state index contributed by atoms with van der Waals surface area (Å²) in [6.45, 7) is 9.25. The first-order valence-electron chi connectivity index (χ1n) is 13.1. The lowest BCUT2D eigenvalue weighted by Gasteiger charge is -2.43. The van der Waals surface area contributed by atoms with E-state index in [1.54, 1.807) is 13.8 Å². The molecule has 0 bridgehead atoms. The molecule has 2 rings (SSSR count). The highest BCUT2D eigenvalue weighted by Gasteiger charge is 2.58. The van der Waals surface area contributed by atoms with Gasteiger partial charge in [0.1, 0.15) is 60.5 Å². The molecule has 0 aromatic heterocycles. The molecule has 2 heterocycles. The summed E-state index contributed by atoms with van der Waals surface area (Å²) >= 11 is 0. The summed E-state index contributed by atoms with van der Waals surface area (Å²) in [6.07, 6.45) is -11.4. The maximum atomic E-state index is 10.00. The fourth-order valence-corrected chi connectivity index (χ4v) is 4.59. The number of aliphatic hydroxyl groups is 10. The SMILES string of the molecule is CC(C)CC(C)(O)C#CC(C)(O)CC(C)C.OC[C@H]1O[C@@](CO)(O[C@H]2O[C@H](CO)[C@@H](O)[C@H](O)[C@H]2O)[C@@H](O)[C@@H]1O. The van der Waals surface area contributed by atoms with Crippen LogP contribution in [0.4, 0.5) is 0 Å². The Labute approximate surface area is 229 Å². The van der Waals surface area contributed by atoms with E-state index < -0.39 is 85.8 Å². The largest absolute Gasteiger partial charge is 0.394 e. The number of ether oxygens (including phenoxy) is 3. The molecule has 0 saturated carbocycles. The van der Waals surface area contributed by atoms with Crippen LogP contribution in [-0.4, -0.2) is 137 Å². The van der Waals surface area contributed by atoms with Crippen LogP contribution >= 0.6 is 0 Å². The topological polar surface area (TPSA) is 230 Å². The van der Waals surface area contributed by atoms with E-state index in [4.69, 9.17) is 24.4 Å². The van der Waals surface area contributed by atoms with Crippen molar-refractivity contribution >= 4 is 0 Å². The molecule has 2 unspecified atom stereocenters. The van der Waals surface area contributed by atoms with Gasteiger partial charge in [0.15, 0.2) is 6.29 Å². The second kappa shape index (κ2) is 14.8. The first kappa shape index (κ1) is 36.1. The third-order valence-corrected chi connectivity index (χ3v) is 6.28. The van der Waals surface area contributed by atoms with Gasteiger partial charge in [0.2, 0.25) is 5.79 Å². The molecular formula is C26H48O13. The first-order chi connectivity index (χ1) is 17.8. The Morgan fingerprint density at radius 2 is 1.21 bits per heavy atom. The van der Waals surface area contributed by atoms with E-state index >= 15 is 0 Å². The van der Waals surface area contributed by atoms with E-state index in [2.05, 4.69) is 11.8 Å². The zero-order chi connectivity index (χ0) is 30.3. The highest BCUT2D eigenvalue weighted by molar-refractivity contribution is 5.19. The second-order valence-electron chi connectivity index (χ2n) is 11.6. The van der Waals surface area contributed by atoms with Crippen molar-refractivity contribution in [2.24, 2.45) is 11.8 Å². The van der Waals surface area contributed by atoms with Crippen molar-refractivity contribution in [2.45, 2.75) is 120 Å². The van der Waals surface area contributed by atoms with E-state index in [1.165, 1.54) is 0 Å². The van der Waals surface area contributed by atoms with Gasteiger partial charge >= 0.3 is 0 Å². The number of aliphatic hydroxyl groups excluding tert-OH is 8. The van der Waals surface area contributed by atoms with E-state index in [1.807, 2.05) is 27.7 Å². The molecule has 13 nitrogen and oxygen atoms in total. The van der Waals surface area contributed by atoms with Crippen molar-refractivity contribution in [2.75, 3.05) is 19.8 Å². The predicted octanol–water partition coefficient (Wildman–Crippen LogP) is -2.81. The molecule has 10 N–H and O–H groups in total. The van der Waals surface area contributed by atoms with Crippen LogP contribution in [0.5, 0.6) is 0 Å². The Hall–Kier alpha value is -0.960. The van der Waals surface area contributed by atoms with Crippen molar-refractivity contribution in [1.29, 1.82) is 0 Å². The Kier molecular flexibility index (Phi) is 13.7. The molecule has 230 valence electrons. The van der Waals surface area contributed by atoms with E-state index in [9.17, 15) is 40.9 Å². The van der Waals surface area contributed by atoms with Crippen molar-refractivity contribution < 1.29 is 65.3 Å². The molecule has 0 aromatic carbocycles. The van der Waals surface area contributed by atoms with Crippen molar-refractivity contribution in [3.8, 4) is 11.8 Å². The maximum absolute atomic E-state index is 10.00. The lowest BCUT2D eigenvalue weighted by Crippen LogP contribution is -2.62. The first-order valence-corrected chi connectivity index (χ1v) is 13.1. The Balaban J connectivity index is 0.000000420. The van der Waals surface area contributed by atoms with Crippen LogP contribution in [0.25, 0.3) is 0 Å². The average Bonchev–Trinajstić information content (AvgIpc) is 3.07. The molecule has 0 radical (unpaired) electrons. The summed E-state index contributed by atoms with van der Waals surface area (Å²) in [5.41, 5.74) is -2.01. The summed E-state index contributed by atoms with van der Waals surface area (Å²) < 4.78 is 15.4. The highest BCUT2D eigenvalue weighted by Crippen LogP contribution is 2.35. The van der Waals surface area contributed by atoms with E-state index in [0.717, 1.165) is 0 Å². The van der Waals surface area contributed by atoms with Gasteiger partial charge in [-0.2, -0.15) is 0 Å². The Bertz CT molecular complexity index is 764. The normalized spacial score (nSPS) is 37.9. The minimum Gasteiger partial charge on any atom is -0.394 e. The van der Waals surface area contributed by atoms with Gasteiger partial charge in [0, 0.05) is 0 Å². The van der Waals surface area contributed by atoms with Crippen LogP contribution in [-0.2, 0) is 14.2 Å². The van der Waals surface area contributed by atoms with Crippen LogP contribution in [0.1, 0.15) is 54.4 Å². The lowest BCUT2D eigenvalue weighted by molar-refractivity contribution is -0.383. The monoisotopic (exact) mass is 568 g/mol. The van der Waals surface area contributed by atoms with E-state index in [0.29, 0.717) is 24.7 Å². The van der Waals surface area contributed by atoms with Crippen molar-refractivity contribution in [3.05, 3.63) is 0 Å². The predicted molar refractivity (Wildman–Crippen MR) is 137 cm³/mol. The van der Waals surface area contributed by atoms with Crippen LogP contribution in [0.15, 0.2) is 0 Å². The van der Waals surface area contributed by atoms with Crippen molar-refractivity contribution in [3.63, 3.8) is 0 Å². The van der Waals surface area contributed by atoms with Crippen LogP contribution in [0, 0.1) is 23.7 Å². The number of hydrogen-bond donors (Lipinski definition) is 10. The molecule has 39 heavy (non-hydrogen) atoms. The molecule has 0 amide bonds. The fourth-order valence-electron chi connectivity index (χ4n) is 4.59. The maximum Gasteiger partial charge on any atom is 0.224 e. The number of rotatable bonds is 9. The van der Waals surface area contributed by atoms with E-state index in [-0.39, 0.29) is 0 Å². The molecule has 13 heteroatoms. The highest BCUT2D eigenvalue weighted by atomic mass is 16.8. The van der Waals surface area contributed by atoms with Crippen LogP contribution in [0.3, 0.4) is 0 Å². The second-order valence-corrected chi connectivity index (χ2v) is 11.6. The van der Waals surface area contributed by atoms with Gasteiger partial charge in [-0.25, -0.2) is 0 Å². The lowest BCUT2D eigenvalue weighted by atomic mass is 9.91. The molecule has 2 aliphatic rings. The summed E-state index contributed by atoms with van der Waals surface area (Å²) in [5.74, 6) is 4.14. The molecule has 2 fully saturated rings. The smallest absolute Gasteiger partial charge is 0.224 e. The van der Waals surface area contributed by atoms with Gasteiger partial charge in [0.25, 0.3) is 0 Å². The summed E-state index contributed by atoms with van der Waals surface area (Å²) in [6, 6.07) is 0. The van der Waals surface area contributed by atoms with Gasteiger partial charge in [0.05, 0.1) is 13.2 Å². The number of hydrogen-bond acceptors (Lipinski definition) is 13. The van der Waals surface area contributed by atoms with Gasteiger partial charge < -0.3 is 65.3 Å². The molecule has 2 aliphatic heterocycles. The summed E-state index contributed by atoms with van der Waals surface area (Å²) in [7, 11) is 0. The third kappa shape index (κ3) is 10.1. The van der Waals surface area contributed by atoms with Crippen LogP contribution < -0.4 is 0 Å². The van der Waals surface area contributed by atoms with Crippen LogP contribution in [0.2, 0.25) is 0 Å². The molecular weight excluding hydrogens is 520 g/mol. The molecule has 2 saturated heterocycles. The van der Waals surface area contributed by atoms with Gasteiger partial charge in [-0.05, 0) is 38.5 Å². The minimum absolute atomic E-state index is 0.388. The van der Waals surface area contributed by atoms with Gasteiger partial charge in [-0.1, -0.05) is 39.5 Å². The molecule has 0 aromatic rings. The molecule has 11 atom stereocenters. The zero-order valence-corrected chi connectivity index (χ0v) is 23.5. The Morgan fingerprint density at radius 1 is 0.744 bits per heavy atom. The summed E-state index contributed by atoms with van der Waals surface area (Å²) in [4.78, 5) is 0. The fraction of sp³-hybridized carbons (Fsp3) is 0.923. The van der Waals surface area contributed by atoms with Gasteiger partial charge in [-0.15, -0.1) is 0 Å². The van der Waals surface area contributed by atoms with Gasteiger partial charge in [-0.3, -0.25) is 0 Å². The standard InChI is InChI=1S/C14H26O2.C12H22O11/c1-11(2)9-13(5,15)7-8-14(6,16)10-12(3)4;13-1-4-6(16)8(18)9(19)11(21-4)23-12(3-15)10(20)7(17)5(2-14)22-12/h11-12,15-16H,9-10H2,1-6H3;4-11,13-20H,1-3H2/t;4-,5-,6-,7-,8+,9-,10+,11-,12+/m.1/s1. The molecule has 0 aliphatic carbocycles. The molecule has 0 spiro atoms. The van der Waals surface area contributed by atoms with Crippen molar-refractivity contribution in [1.82, 2.24) is 0 Å². The zero-order valence-electron chi connectivity index (χ0n) is 23.5. The Morgan fingerprint density at radius 3 is 1.56 bits per heavy atom.